The lowest BCUT2D eigenvalue weighted by Gasteiger charge is -2.22. The Morgan fingerprint density at radius 2 is 0.550 bits per heavy atom. The van der Waals surface area contributed by atoms with E-state index in [4.69, 9.17) is 22.9 Å². The second-order valence-corrected chi connectivity index (χ2v) is 12.0. The summed E-state index contributed by atoms with van der Waals surface area (Å²) in [6.07, 6.45) is 28.0. The predicted octanol–water partition coefficient (Wildman–Crippen LogP) is 5.21. The lowest BCUT2D eigenvalue weighted by Crippen LogP contribution is -2.29. The highest BCUT2D eigenvalue weighted by Gasteiger charge is 2.05. The van der Waals surface area contributed by atoms with Crippen molar-refractivity contribution in [1.82, 2.24) is 15.1 Å². The summed E-state index contributed by atoms with van der Waals surface area (Å²) in [5, 5.41) is 3.49. The molecule has 40 heavy (non-hydrogen) atoms. The zero-order valence-electron chi connectivity index (χ0n) is 27.0. The van der Waals surface area contributed by atoms with Crippen LogP contribution in [-0.4, -0.2) is 88.3 Å². The van der Waals surface area contributed by atoms with Gasteiger partial charge in [-0.15, -0.1) is 0 Å². The average molecular weight is 570 g/mol. The number of rotatable bonds is 35. The molecule has 0 aromatic carbocycles. The first-order chi connectivity index (χ1) is 19.8. The second-order valence-electron chi connectivity index (χ2n) is 12.0. The molecule has 0 fully saturated rings. The van der Waals surface area contributed by atoms with Gasteiger partial charge < -0.3 is 38.1 Å². The monoisotopic (exact) mass is 570 g/mol. The van der Waals surface area contributed by atoms with Crippen molar-refractivity contribution in [1.29, 1.82) is 0 Å². The van der Waals surface area contributed by atoms with E-state index in [1.54, 1.807) is 0 Å². The summed E-state index contributed by atoms with van der Waals surface area (Å²) in [5.41, 5.74) is 22.7. The van der Waals surface area contributed by atoms with E-state index < -0.39 is 0 Å². The van der Waals surface area contributed by atoms with Gasteiger partial charge in [0.2, 0.25) is 0 Å². The van der Waals surface area contributed by atoms with E-state index in [0.717, 1.165) is 71.5 Å². The number of nitrogens with zero attached hydrogens (tertiary/aromatic N) is 2. The maximum Gasteiger partial charge on any atom is -0.000672 e. The fourth-order valence-corrected chi connectivity index (χ4v) is 5.51. The molecule has 0 rings (SSSR count). The van der Waals surface area contributed by atoms with Gasteiger partial charge in [0.15, 0.2) is 0 Å². The molecule has 0 saturated heterocycles. The Morgan fingerprint density at radius 3 is 0.925 bits per heavy atom. The lowest BCUT2D eigenvalue weighted by atomic mass is 10.0. The summed E-state index contributed by atoms with van der Waals surface area (Å²) in [6, 6.07) is 0. The van der Waals surface area contributed by atoms with Gasteiger partial charge in [-0.2, -0.15) is 0 Å². The summed E-state index contributed by atoms with van der Waals surface area (Å²) < 4.78 is 0. The van der Waals surface area contributed by atoms with Crippen molar-refractivity contribution in [3.63, 3.8) is 0 Å². The minimum atomic E-state index is 0.785. The molecule has 7 nitrogen and oxygen atoms in total. The average Bonchev–Trinajstić information content (AvgIpc) is 2.97. The first kappa shape index (κ1) is 39.7. The maximum atomic E-state index is 5.77. The molecule has 0 atom stereocenters. The standard InChI is InChI=1S/C33H75N7/c34-22-13-17-30-39(32-20-24-36)28-15-11-9-7-5-3-1-2-4-6-8-10-12-16-29-40(33-21-25-37)31-18-14-26-38-27-19-23-35/h38H,1-37H2. The van der Waals surface area contributed by atoms with Gasteiger partial charge in [0.25, 0.3) is 0 Å². The van der Waals surface area contributed by atoms with E-state index in [-0.39, 0.29) is 0 Å². The van der Waals surface area contributed by atoms with Crippen LogP contribution < -0.4 is 28.3 Å². The van der Waals surface area contributed by atoms with Crippen molar-refractivity contribution < 1.29 is 0 Å². The van der Waals surface area contributed by atoms with Gasteiger partial charge >= 0.3 is 0 Å². The van der Waals surface area contributed by atoms with Crippen molar-refractivity contribution in [3.8, 4) is 0 Å². The molecule has 0 aliphatic carbocycles. The molecule has 0 aromatic rings. The first-order valence-corrected chi connectivity index (χ1v) is 17.7. The van der Waals surface area contributed by atoms with E-state index in [1.807, 2.05) is 0 Å². The van der Waals surface area contributed by atoms with Crippen molar-refractivity contribution in [2.45, 2.75) is 135 Å². The Bertz CT molecular complexity index is 453. The number of nitrogens with two attached hydrogens (primary N) is 4. The maximum absolute atomic E-state index is 5.77. The first-order valence-electron chi connectivity index (χ1n) is 17.7. The van der Waals surface area contributed by atoms with E-state index in [0.29, 0.717) is 0 Å². The van der Waals surface area contributed by atoms with Crippen molar-refractivity contribution in [2.75, 3.05) is 78.5 Å². The van der Waals surface area contributed by atoms with Crippen LogP contribution in [-0.2, 0) is 0 Å². The summed E-state index contributed by atoms with van der Waals surface area (Å²) in [6.45, 7) is 12.6. The van der Waals surface area contributed by atoms with Gasteiger partial charge in [-0.3, -0.25) is 0 Å². The van der Waals surface area contributed by atoms with E-state index in [1.165, 1.54) is 142 Å². The smallest absolute Gasteiger partial charge is 0.000672 e. The molecule has 0 bridgehead atoms. The van der Waals surface area contributed by atoms with Crippen molar-refractivity contribution in [3.05, 3.63) is 0 Å². The third-order valence-corrected chi connectivity index (χ3v) is 8.12. The Balaban J connectivity index is 3.52. The third kappa shape index (κ3) is 30.7. The van der Waals surface area contributed by atoms with Crippen LogP contribution in [0, 0.1) is 0 Å². The van der Waals surface area contributed by atoms with E-state index in [9.17, 15) is 0 Å². The van der Waals surface area contributed by atoms with Gasteiger partial charge in [0, 0.05) is 0 Å². The molecule has 9 N–H and O–H groups in total. The molecular weight excluding hydrogens is 494 g/mol. The molecule has 7 heteroatoms. The summed E-state index contributed by atoms with van der Waals surface area (Å²) in [4.78, 5) is 5.25. The molecule has 242 valence electrons. The number of hydrogen-bond acceptors (Lipinski definition) is 7. The Labute approximate surface area is 251 Å². The van der Waals surface area contributed by atoms with E-state index >= 15 is 0 Å². The number of hydrogen-bond donors (Lipinski definition) is 5. The topological polar surface area (TPSA) is 123 Å². The lowest BCUT2D eigenvalue weighted by molar-refractivity contribution is 0.259. The largest absolute Gasteiger partial charge is 0.330 e. The molecule has 0 radical (unpaired) electrons. The molecule has 0 aliphatic heterocycles. The molecule has 0 aliphatic rings. The Kier molecular flexibility index (Phi) is 34.7. The molecule has 0 heterocycles. The van der Waals surface area contributed by atoms with Crippen LogP contribution in [0.4, 0.5) is 0 Å². The minimum Gasteiger partial charge on any atom is -0.330 e. The molecule has 0 spiro atoms. The Morgan fingerprint density at radius 1 is 0.275 bits per heavy atom. The third-order valence-electron chi connectivity index (χ3n) is 8.12. The molecular formula is C33H75N7. The second kappa shape index (κ2) is 34.9. The highest BCUT2D eigenvalue weighted by atomic mass is 15.1. The van der Waals surface area contributed by atoms with Gasteiger partial charge in [0.05, 0.1) is 0 Å². The predicted molar refractivity (Wildman–Crippen MR) is 179 cm³/mol. The van der Waals surface area contributed by atoms with Gasteiger partial charge in [-0.25, -0.2) is 0 Å². The SMILES string of the molecule is NCCCCN(CCCN)CCCCCCCCCCCCCCCCN(CCCN)CCCCNCCCN. The molecule has 0 unspecified atom stereocenters. The van der Waals surface area contributed by atoms with Crippen LogP contribution in [0.25, 0.3) is 0 Å². The molecule has 0 amide bonds. The molecule has 0 saturated carbocycles. The van der Waals surface area contributed by atoms with Crippen LogP contribution in [0.2, 0.25) is 0 Å². The zero-order chi connectivity index (χ0) is 29.2. The van der Waals surface area contributed by atoms with Crippen LogP contribution in [0.15, 0.2) is 0 Å². The van der Waals surface area contributed by atoms with Gasteiger partial charge in [-0.1, -0.05) is 77.0 Å². The molecule has 0 aromatic heterocycles. The van der Waals surface area contributed by atoms with Crippen LogP contribution >= 0.6 is 0 Å². The summed E-state index contributed by atoms with van der Waals surface area (Å²) >= 11 is 0. The van der Waals surface area contributed by atoms with Crippen LogP contribution in [0.1, 0.15) is 135 Å². The summed E-state index contributed by atoms with van der Waals surface area (Å²) in [7, 11) is 0. The van der Waals surface area contributed by atoms with Gasteiger partial charge in [-0.05, 0) is 136 Å². The Hall–Kier alpha value is -0.280. The normalized spacial score (nSPS) is 11.8. The highest BCUT2D eigenvalue weighted by Crippen LogP contribution is 2.14. The number of unbranched alkanes of at least 4 members (excludes halogenated alkanes) is 15. The summed E-state index contributed by atoms with van der Waals surface area (Å²) in [5.74, 6) is 0. The van der Waals surface area contributed by atoms with Crippen molar-refractivity contribution in [2.24, 2.45) is 22.9 Å². The minimum absolute atomic E-state index is 0.785. The van der Waals surface area contributed by atoms with E-state index in [2.05, 4.69) is 15.1 Å². The zero-order valence-corrected chi connectivity index (χ0v) is 27.0. The van der Waals surface area contributed by atoms with Crippen molar-refractivity contribution >= 4 is 0 Å². The van der Waals surface area contributed by atoms with Crippen LogP contribution in [0.5, 0.6) is 0 Å². The van der Waals surface area contributed by atoms with Crippen LogP contribution in [0.3, 0.4) is 0 Å². The highest BCUT2D eigenvalue weighted by molar-refractivity contribution is 4.62. The fraction of sp³-hybridized carbons (Fsp3) is 1.00. The number of nitrogens with one attached hydrogen (secondary N) is 1. The van der Waals surface area contributed by atoms with Gasteiger partial charge in [0.1, 0.15) is 0 Å². The quantitative estimate of drug-likeness (QED) is 0.0664. The fourth-order valence-electron chi connectivity index (χ4n) is 5.51.